The molecule has 1 atom stereocenters. The molecule has 150 valence electrons. The van der Waals surface area contributed by atoms with E-state index in [9.17, 15) is 4.79 Å². The van der Waals surface area contributed by atoms with Gasteiger partial charge in [0, 0.05) is 34.8 Å². The van der Waals surface area contributed by atoms with E-state index in [1.54, 1.807) is 12.4 Å². The molecule has 0 aliphatic rings. The van der Waals surface area contributed by atoms with Crippen molar-refractivity contribution < 1.29 is 0 Å². The van der Waals surface area contributed by atoms with Gasteiger partial charge in [-0.25, -0.2) is 9.97 Å². The third-order valence-corrected chi connectivity index (χ3v) is 5.27. The monoisotopic (exact) mass is 398 g/mol. The summed E-state index contributed by atoms with van der Waals surface area (Å²) in [6.45, 7) is 2.04. The van der Waals surface area contributed by atoms with E-state index in [1.807, 2.05) is 55.5 Å². The van der Waals surface area contributed by atoms with E-state index in [-0.39, 0.29) is 24.9 Å². The van der Waals surface area contributed by atoms with E-state index in [0.717, 1.165) is 44.2 Å². The summed E-state index contributed by atoms with van der Waals surface area (Å²) in [5.74, 6) is 0.200. The minimum absolute atomic E-state index is 0. The van der Waals surface area contributed by atoms with Crippen molar-refractivity contribution >= 4 is 27.8 Å². The van der Waals surface area contributed by atoms with Gasteiger partial charge in [0.05, 0.1) is 11.0 Å². The second-order valence-corrected chi connectivity index (χ2v) is 7.07. The molecular formula is C23H22N6O. The molecule has 0 amide bonds. The molecule has 7 nitrogen and oxygen atoms in total. The number of H-pyrrole nitrogens is 2. The molecule has 0 saturated heterocycles. The van der Waals surface area contributed by atoms with Crippen LogP contribution in [0.3, 0.4) is 0 Å². The lowest BCUT2D eigenvalue weighted by Crippen LogP contribution is -2.15. The summed E-state index contributed by atoms with van der Waals surface area (Å²) in [6, 6.07) is 15.9. The number of nitrogens with zero attached hydrogens (tertiary/aromatic N) is 3. The maximum atomic E-state index is 12.7. The van der Waals surface area contributed by atoms with E-state index in [0.29, 0.717) is 0 Å². The third kappa shape index (κ3) is 3.20. The van der Waals surface area contributed by atoms with Gasteiger partial charge >= 0.3 is 0 Å². The Labute approximate surface area is 173 Å². The smallest absolute Gasteiger partial charge is 0.252 e. The summed E-state index contributed by atoms with van der Waals surface area (Å²) in [7, 11) is 0. The largest absolute Gasteiger partial charge is 0.368 e. The van der Waals surface area contributed by atoms with Crippen LogP contribution in [-0.2, 0) is 0 Å². The topological polar surface area (TPSA) is 113 Å². The first-order chi connectivity index (χ1) is 14.1. The number of pyridine rings is 1. The van der Waals surface area contributed by atoms with Crippen LogP contribution in [0.2, 0.25) is 0 Å². The van der Waals surface area contributed by atoms with E-state index < -0.39 is 0 Å². The number of fused-ring (bicyclic) bond motifs is 2. The predicted molar refractivity (Wildman–Crippen MR) is 120 cm³/mol. The van der Waals surface area contributed by atoms with Crippen molar-refractivity contribution in [2.24, 2.45) is 0 Å². The molecular weight excluding hydrogens is 376 g/mol. The molecule has 5 rings (SSSR count). The zero-order chi connectivity index (χ0) is 20.0. The van der Waals surface area contributed by atoms with Crippen molar-refractivity contribution in [1.29, 1.82) is 0 Å². The molecule has 0 aliphatic heterocycles. The number of aromatic amines is 2. The van der Waals surface area contributed by atoms with E-state index >= 15 is 0 Å². The van der Waals surface area contributed by atoms with Gasteiger partial charge in [-0.2, -0.15) is 5.10 Å². The zero-order valence-electron chi connectivity index (χ0n) is 15.7. The lowest BCUT2D eigenvalue weighted by molar-refractivity contribution is 0.901. The zero-order valence-corrected chi connectivity index (χ0v) is 15.7. The Morgan fingerprint density at radius 2 is 1.73 bits per heavy atom. The summed E-state index contributed by atoms with van der Waals surface area (Å²) in [4.78, 5) is 23.8. The number of rotatable bonds is 3. The molecule has 1 unspecified atom stereocenters. The Kier molecular flexibility index (Phi) is 4.79. The number of hydrogen-bond acceptors (Lipinski definition) is 5. The average Bonchev–Trinajstić information content (AvgIpc) is 3.15. The van der Waals surface area contributed by atoms with Gasteiger partial charge in [0.25, 0.3) is 5.56 Å². The minimum atomic E-state index is -0.0834. The van der Waals surface area contributed by atoms with Crippen LogP contribution < -0.4 is 11.3 Å². The van der Waals surface area contributed by atoms with E-state index in [1.165, 1.54) is 0 Å². The first kappa shape index (κ1) is 19.3. The van der Waals surface area contributed by atoms with E-state index in [4.69, 9.17) is 5.73 Å². The fourth-order valence-corrected chi connectivity index (χ4v) is 3.66. The maximum Gasteiger partial charge on any atom is 0.252 e. The number of nitrogens with one attached hydrogen (secondary N) is 2. The summed E-state index contributed by atoms with van der Waals surface area (Å²) < 4.78 is 0. The van der Waals surface area contributed by atoms with Gasteiger partial charge in [0.1, 0.15) is 5.69 Å². The van der Waals surface area contributed by atoms with Crippen LogP contribution in [0.1, 0.15) is 31.4 Å². The van der Waals surface area contributed by atoms with Gasteiger partial charge in [-0.05, 0) is 29.1 Å². The molecule has 0 aliphatic carbocycles. The molecule has 5 aromatic rings. The van der Waals surface area contributed by atoms with Gasteiger partial charge in [-0.15, -0.1) is 0 Å². The average molecular weight is 398 g/mol. The van der Waals surface area contributed by atoms with Gasteiger partial charge in [0.15, 0.2) is 0 Å². The van der Waals surface area contributed by atoms with Crippen molar-refractivity contribution in [3.8, 4) is 11.3 Å². The van der Waals surface area contributed by atoms with Crippen LogP contribution in [0.4, 0.5) is 5.95 Å². The first-order valence-corrected chi connectivity index (χ1v) is 9.28. The highest BCUT2D eigenvalue weighted by atomic mass is 16.1. The van der Waals surface area contributed by atoms with Crippen molar-refractivity contribution in [1.82, 2.24) is 25.1 Å². The highest BCUT2D eigenvalue weighted by molar-refractivity contribution is 6.01. The Morgan fingerprint density at radius 1 is 1.00 bits per heavy atom. The number of aromatic nitrogens is 5. The van der Waals surface area contributed by atoms with Crippen molar-refractivity contribution in [2.45, 2.75) is 20.3 Å². The van der Waals surface area contributed by atoms with Crippen molar-refractivity contribution in [3.63, 3.8) is 0 Å². The SMILES string of the molecule is C.CC(c1ccccc1)c1cc2cc3c(-c4cnc(N)nc4)n[nH]c3cc2[nH]c1=O. The van der Waals surface area contributed by atoms with E-state index in [2.05, 4.69) is 25.1 Å². The van der Waals surface area contributed by atoms with Crippen LogP contribution in [0, 0.1) is 0 Å². The van der Waals surface area contributed by atoms with Crippen LogP contribution in [0.15, 0.2) is 65.7 Å². The Bertz CT molecular complexity index is 1390. The van der Waals surface area contributed by atoms with Gasteiger partial charge in [-0.1, -0.05) is 44.7 Å². The fraction of sp³-hybridized carbons (Fsp3) is 0.130. The number of nitrogen functional groups attached to an aromatic ring is 1. The Morgan fingerprint density at radius 3 is 2.47 bits per heavy atom. The second kappa shape index (κ2) is 7.44. The number of nitrogens with two attached hydrogens (primary N) is 1. The quantitative estimate of drug-likeness (QED) is 0.421. The van der Waals surface area contributed by atoms with Gasteiger partial charge in [0.2, 0.25) is 5.95 Å². The third-order valence-electron chi connectivity index (χ3n) is 5.27. The van der Waals surface area contributed by atoms with Crippen LogP contribution in [0.5, 0.6) is 0 Å². The normalized spacial score (nSPS) is 12.0. The molecule has 3 heterocycles. The summed E-state index contributed by atoms with van der Waals surface area (Å²) in [6.07, 6.45) is 3.30. The molecule has 0 radical (unpaired) electrons. The molecule has 0 spiro atoms. The summed E-state index contributed by atoms with van der Waals surface area (Å²) in [5.41, 5.74) is 10.4. The molecule has 0 fully saturated rings. The number of anilines is 1. The lowest BCUT2D eigenvalue weighted by Gasteiger charge is -2.12. The maximum absolute atomic E-state index is 12.7. The minimum Gasteiger partial charge on any atom is -0.368 e. The second-order valence-electron chi connectivity index (χ2n) is 7.07. The standard InChI is InChI=1S/C22H18N6O.CH4/c1-12(13-5-3-2-4-6-13)16-7-14-8-17-19(9-18(14)26-21(16)29)27-28-20(17)15-10-24-22(23)25-11-15;/h2-12H,1H3,(H,26,29)(H,27,28)(H2,23,24,25);1H4. The summed E-state index contributed by atoms with van der Waals surface area (Å²) in [5, 5.41) is 9.29. The highest BCUT2D eigenvalue weighted by Crippen LogP contribution is 2.30. The first-order valence-electron chi connectivity index (χ1n) is 9.28. The molecule has 0 bridgehead atoms. The van der Waals surface area contributed by atoms with Crippen molar-refractivity contribution in [2.75, 3.05) is 5.73 Å². The van der Waals surface area contributed by atoms with Gasteiger partial charge in [-0.3, -0.25) is 9.89 Å². The molecule has 7 heteroatoms. The molecule has 4 N–H and O–H groups in total. The molecule has 3 aromatic heterocycles. The van der Waals surface area contributed by atoms with Crippen LogP contribution in [-0.4, -0.2) is 25.1 Å². The van der Waals surface area contributed by atoms with Crippen LogP contribution in [0.25, 0.3) is 33.1 Å². The van der Waals surface area contributed by atoms with Gasteiger partial charge < -0.3 is 10.7 Å². The molecule has 0 saturated carbocycles. The Balaban J connectivity index is 0.00000218. The number of hydrogen-bond donors (Lipinski definition) is 3. The number of benzene rings is 2. The van der Waals surface area contributed by atoms with Crippen LogP contribution >= 0.6 is 0 Å². The highest BCUT2D eigenvalue weighted by Gasteiger charge is 2.15. The lowest BCUT2D eigenvalue weighted by atomic mass is 9.93. The fourth-order valence-electron chi connectivity index (χ4n) is 3.66. The molecule has 30 heavy (non-hydrogen) atoms. The Hall–Kier alpha value is -4.00. The predicted octanol–water partition coefficient (Wildman–Crippen LogP) is 4.23. The molecule has 2 aromatic carbocycles. The summed E-state index contributed by atoms with van der Waals surface area (Å²) >= 11 is 0. The van der Waals surface area contributed by atoms with Crippen molar-refractivity contribution in [3.05, 3.63) is 82.4 Å².